The second-order valence-corrected chi connectivity index (χ2v) is 5.29. The zero-order valence-electron chi connectivity index (χ0n) is 11.8. The quantitative estimate of drug-likeness (QED) is 0.880. The highest BCUT2D eigenvalue weighted by atomic mass is 15.5. The third-order valence-corrected chi connectivity index (χ3v) is 3.73. The molecule has 3 heteroatoms. The molecule has 1 aromatic rings. The molecular formula is C15H25N3. The Morgan fingerprint density at radius 3 is 2.28 bits per heavy atom. The van der Waals surface area contributed by atoms with Crippen LogP contribution in [0.3, 0.4) is 0 Å². The van der Waals surface area contributed by atoms with Gasteiger partial charge in [0.15, 0.2) is 0 Å². The molecule has 0 amide bonds. The number of likely N-dealkylation sites (N-methyl/N-ethyl adjacent to an activating group) is 1. The van der Waals surface area contributed by atoms with Crippen molar-refractivity contribution in [1.82, 2.24) is 15.3 Å². The third kappa shape index (κ3) is 3.55. The molecule has 1 aromatic carbocycles. The Bertz CT molecular complexity index is 353. The van der Waals surface area contributed by atoms with Crippen LogP contribution in [0, 0.1) is 6.92 Å². The fraction of sp³-hybridized carbons (Fsp3) is 0.600. The molecule has 2 rings (SSSR count). The number of aryl methyl sites for hydroxylation is 1. The van der Waals surface area contributed by atoms with Crippen LogP contribution in [0.4, 0.5) is 0 Å². The fourth-order valence-electron chi connectivity index (χ4n) is 2.36. The Morgan fingerprint density at radius 1 is 1.11 bits per heavy atom. The lowest BCUT2D eigenvalue weighted by Gasteiger charge is -2.35. The van der Waals surface area contributed by atoms with E-state index in [-0.39, 0.29) is 0 Å². The Balaban J connectivity index is 1.94. The molecule has 100 valence electrons. The predicted octanol–water partition coefficient (Wildman–Crippen LogP) is 2.20. The summed E-state index contributed by atoms with van der Waals surface area (Å²) < 4.78 is 0. The van der Waals surface area contributed by atoms with Gasteiger partial charge in [0.2, 0.25) is 0 Å². The van der Waals surface area contributed by atoms with Crippen molar-refractivity contribution in [3.63, 3.8) is 0 Å². The first-order valence-electron chi connectivity index (χ1n) is 6.95. The summed E-state index contributed by atoms with van der Waals surface area (Å²) in [5.74, 6) is 0. The zero-order chi connectivity index (χ0) is 13.0. The summed E-state index contributed by atoms with van der Waals surface area (Å²) in [6, 6.07) is 9.32. The Labute approximate surface area is 111 Å². The van der Waals surface area contributed by atoms with Crippen LogP contribution in [0.1, 0.15) is 30.5 Å². The number of benzene rings is 1. The molecule has 1 fully saturated rings. The van der Waals surface area contributed by atoms with Gasteiger partial charge in [0, 0.05) is 32.2 Å². The first-order valence-corrected chi connectivity index (χ1v) is 6.95. The minimum atomic E-state index is 0.439. The number of rotatable bonds is 4. The molecule has 1 aliphatic heterocycles. The molecule has 1 saturated heterocycles. The zero-order valence-corrected chi connectivity index (χ0v) is 11.8. The van der Waals surface area contributed by atoms with E-state index in [1.165, 1.54) is 11.1 Å². The van der Waals surface area contributed by atoms with E-state index >= 15 is 0 Å². The van der Waals surface area contributed by atoms with Crippen LogP contribution >= 0.6 is 0 Å². The van der Waals surface area contributed by atoms with Gasteiger partial charge in [0.1, 0.15) is 0 Å². The normalized spacial score (nSPS) is 19.9. The fourth-order valence-corrected chi connectivity index (χ4v) is 2.36. The van der Waals surface area contributed by atoms with Crippen molar-refractivity contribution in [3.8, 4) is 0 Å². The van der Waals surface area contributed by atoms with E-state index in [4.69, 9.17) is 0 Å². The molecule has 0 saturated carbocycles. The highest BCUT2D eigenvalue weighted by Crippen LogP contribution is 2.18. The first-order chi connectivity index (χ1) is 8.69. The smallest absolute Gasteiger partial charge is 0.0462 e. The summed E-state index contributed by atoms with van der Waals surface area (Å²) in [7, 11) is 2.19. The minimum absolute atomic E-state index is 0.439. The van der Waals surface area contributed by atoms with Crippen LogP contribution in [0.25, 0.3) is 0 Å². The van der Waals surface area contributed by atoms with Crippen molar-refractivity contribution >= 4 is 0 Å². The summed E-state index contributed by atoms with van der Waals surface area (Å²) in [6.45, 7) is 8.90. The monoisotopic (exact) mass is 247 g/mol. The average Bonchev–Trinajstić information content (AvgIpc) is 2.39. The van der Waals surface area contributed by atoms with Crippen LogP contribution < -0.4 is 5.43 Å². The maximum atomic E-state index is 3.67. The van der Waals surface area contributed by atoms with Crippen molar-refractivity contribution in [2.75, 3.05) is 33.2 Å². The van der Waals surface area contributed by atoms with Crippen LogP contribution in [-0.2, 0) is 0 Å². The number of piperazine rings is 1. The van der Waals surface area contributed by atoms with E-state index in [2.05, 4.69) is 60.5 Å². The molecule has 0 radical (unpaired) electrons. The lowest BCUT2D eigenvalue weighted by Crippen LogP contribution is -2.51. The van der Waals surface area contributed by atoms with Crippen LogP contribution in [-0.4, -0.2) is 43.1 Å². The lowest BCUT2D eigenvalue weighted by atomic mass is 10.0. The second-order valence-electron chi connectivity index (χ2n) is 5.29. The van der Waals surface area contributed by atoms with Crippen molar-refractivity contribution in [2.45, 2.75) is 26.3 Å². The largest absolute Gasteiger partial charge is 0.304 e. The van der Waals surface area contributed by atoms with Gasteiger partial charge >= 0.3 is 0 Å². The predicted molar refractivity (Wildman–Crippen MR) is 76.4 cm³/mol. The van der Waals surface area contributed by atoms with Crippen LogP contribution in [0.15, 0.2) is 24.3 Å². The Hall–Kier alpha value is -0.900. The van der Waals surface area contributed by atoms with E-state index in [0.717, 1.165) is 32.6 Å². The number of nitrogens with zero attached hydrogens (tertiary/aromatic N) is 2. The average molecular weight is 247 g/mol. The molecule has 3 nitrogen and oxygen atoms in total. The van der Waals surface area contributed by atoms with Gasteiger partial charge in [-0.15, -0.1) is 0 Å². The summed E-state index contributed by atoms with van der Waals surface area (Å²) in [5.41, 5.74) is 6.39. The molecule has 1 unspecified atom stereocenters. The molecule has 1 heterocycles. The highest BCUT2D eigenvalue weighted by molar-refractivity contribution is 5.23. The van der Waals surface area contributed by atoms with Gasteiger partial charge in [-0.25, -0.2) is 10.4 Å². The Morgan fingerprint density at radius 2 is 1.72 bits per heavy atom. The van der Waals surface area contributed by atoms with Crippen molar-refractivity contribution in [2.24, 2.45) is 0 Å². The highest BCUT2D eigenvalue weighted by Gasteiger charge is 2.17. The topological polar surface area (TPSA) is 18.5 Å². The second kappa shape index (κ2) is 6.32. The standard InChI is InChI=1S/C15H25N3/c1-4-15(14-7-5-13(2)6-8-14)16-18-11-9-17(3)10-12-18/h5-8,15-16H,4,9-12H2,1-3H3. The molecular weight excluding hydrogens is 222 g/mol. The van der Waals surface area contributed by atoms with Gasteiger partial charge in [-0.3, -0.25) is 0 Å². The maximum Gasteiger partial charge on any atom is 0.0462 e. The third-order valence-electron chi connectivity index (χ3n) is 3.73. The summed E-state index contributed by atoms with van der Waals surface area (Å²) in [6.07, 6.45) is 1.12. The molecule has 1 aliphatic rings. The van der Waals surface area contributed by atoms with Gasteiger partial charge in [-0.05, 0) is 26.0 Å². The van der Waals surface area contributed by atoms with E-state index in [1.54, 1.807) is 0 Å². The van der Waals surface area contributed by atoms with E-state index in [0.29, 0.717) is 6.04 Å². The number of hydrogen-bond donors (Lipinski definition) is 1. The molecule has 0 aliphatic carbocycles. The molecule has 1 atom stereocenters. The van der Waals surface area contributed by atoms with Crippen LogP contribution in [0.2, 0.25) is 0 Å². The van der Waals surface area contributed by atoms with E-state index in [1.807, 2.05) is 0 Å². The molecule has 18 heavy (non-hydrogen) atoms. The molecule has 0 aromatic heterocycles. The first kappa shape index (κ1) is 13.5. The lowest BCUT2D eigenvalue weighted by molar-refractivity contribution is 0.0857. The van der Waals surface area contributed by atoms with Crippen LogP contribution in [0.5, 0.6) is 0 Å². The van der Waals surface area contributed by atoms with Gasteiger partial charge in [-0.2, -0.15) is 0 Å². The molecule has 0 spiro atoms. The van der Waals surface area contributed by atoms with Gasteiger partial charge in [0.25, 0.3) is 0 Å². The van der Waals surface area contributed by atoms with Crippen molar-refractivity contribution in [3.05, 3.63) is 35.4 Å². The molecule has 1 N–H and O–H groups in total. The van der Waals surface area contributed by atoms with E-state index in [9.17, 15) is 0 Å². The Kier molecular flexibility index (Phi) is 4.75. The van der Waals surface area contributed by atoms with Crippen molar-refractivity contribution in [1.29, 1.82) is 0 Å². The summed E-state index contributed by atoms with van der Waals surface area (Å²) >= 11 is 0. The molecule has 0 bridgehead atoms. The van der Waals surface area contributed by atoms with Gasteiger partial charge < -0.3 is 4.90 Å². The van der Waals surface area contributed by atoms with Gasteiger partial charge in [0.05, 0.1) is 0 Å². The number of hydrazine groups is 1. The van der Waals surface area contributed by atoms with E-state index < -0.39 is 0 Å². The minimum Gasteiger partial charge on any atom is -0.304 e. The van der Waals surface area contributed by atoms with Crippen molar-refractivity contribution < 1.29 is 0 Å². The maximum absolute atomic E-state index is 3.67. The SMILES string of the molecule is CCC(NN1CCN(C)CC1)c1ccc(C)cc1. The number of hydrogen-bond acceptors (Lipinski definition) is 3. The summed E-state index contributed by atoms with van der Waals surface area (Å²) in [5, 5.41) is 2.37. The summed E-state index contributed by atoms with van der Waals surface area (Å²) in [4.78, 5) is 2.38. The van der Waals surface area contributed by atoms with Gasteiger partial charge in [-0.1, -0.05) is 36.8 Å². The number of nitrogens with one attached hydrogen (secondary N) is 1.